The fourth-order valence-corrected chi connectivity index (χ4v) is 2.75. The van der Waals surface area contributed by atoms with E-state index in [4.69, 9.17) is 11.6 Å². The Balaban J connectivity index is 2.37. The molecule has 0 atom stereocenters. The van der Waals surface area contributed by atoms with E-state index in [2.05, 4.69) is 6.07 Å². The lowest BCUT2D eigenvalue weighted by atomic mass is 9.90. The molecule has 0 aliphatic heterocycles. The molecule has 3 aromatic rings. The topological polar surface area (TPSA) is 0 Å². The molecule has 0 heterocycles. The van der Waals surface area contributed by atoms with Crippen LogP contribution in [0.2, 0.25) is 5.02 Å². The predicted molar refractivity (Wildman–Crippen MR) is 86.1 cm³/mol. The summed E-state index contributed by atoms with van der Waals surface area (Å²) < 4.78 is 54.6. The highest BCUT2D eigenvalue weighted by molar-refractivity contribution is 6.30. The number of rotatable bonds is 2. The first-order valence-corrected chi connectivity index (χ1v) is 7.38. The quantitative estimate of drug-likeness (QED) is 0.455. The largest absolute Gasteiger partial charge is 0.417 e. The van der Waals surface area contributed by atoms with Crippen LogP contribution in [0.4, 0.5) is 17.6 Å². The molecule has 0 amide bonds. The molecule has 0 N–H and O–H groups in total. The molecular formula is C19H10ClF4. The van der Waals surface area contributed by atoms with Gasteiger partial charge >= 0.3 is 6.18 Å². The third-order valence-corrected chi connectivity index (χ3v) is 3.79. The fourth-order valence-electron chi connectivity index (χ4n) is 2.56. The van der Waals surface area contributed by atoms with E-state index in [0.717, 1.165) is 6.07 Å². The summed E-state index contributed by atoms with van der Waals surface area (Å²) in [7, 11) is 0. The number of benzene rings is 3. The standard InChI is InChI=1S/C19H10ClF4/c20-13-6-3-5-12(11-13)14-8-4-9-16(19(22,23)24)18(14)15-7-1-2-10-17(15)21/h1-8,10-11H. The summed E-state index contributed by atoms with van der Waals surface area (Å²) in [6, 6.07) is 16.7. The Morgan fingerprint density at radius 2 is 1.62 bits per heavy atom. The van der Waals surface area contributed by atoms with Gasteiger partial charge in [-0.1, -0.05) is 54.1 Å². The lowest BCUT2D eigenvalue weighted by molar-refractivity contribution is -0.137. The minimum absolute atomic E-state index is 0.128. The summed E-state index contributed by atoms with van der Waals surface area (Å²) in [5.74, 6) is -0.731. The highest BCUT2D eigenvalue weighted by Gasteiger charge is 2.35. The van der Waals surface area contributed by atoms with Crippen LogP contribution in [0, 0.1) is 11.9 Å². The SMILES string of the molecule is Fc1ccccc1-c1c(C(F)(F)F)[c]ccc1-c1cccc(Cl)c1. The second-order valence-electron chi connectivity index (χ2n) is 5.13. The normalized spacial score (nSPS) is 11.5. The number of halogens is 5. The highest BCUT2D eigenvalue weighted by Crippen LogP contribution is 2.43. The van der Waals surface area contributed by atoms with E-state index in [0.29, 0.717) is 10.6 Å². The Hall–Kier alpha value is -2.33. The molecule has 0 saturated carbocycles. The van der Waals surface area contributed by atoms with Crippen molar-refractivity contribution >= 4 is 11.6 Å². The molecule has 0 aliphatic rings. The van der Waals surface area contributed by atoms with Gasteiger partial charge in [0.15, 0.2) is 0 Å². The molecule has 0 aliphatic carbocycles. The first-order chi connectivity index (χ1) is 11.4. The maximum Gasteiger partial charge on any atom is 0.417 e. The lowest BCUT2D eigenvalue weighted by Crippen LogP contribution is -2.09. The number of hydrogen-bond donors (Lipinski definition) is 0. The Morgan fingerprint density at radius 1 is 0.875 bits per heavy atom. The third-order valence-electron chi connectivity index (χ3n) is 3.56. The zero-order valence-electron chi connectivity index (χ0n) is 12.2. The van der Waals surface area contributed by atoms with Crippen LogP contribution in [0.5, 0.6) is 0 Å². The van der Waals surface area contributed by atoms with Gasteiger partial charge in [0.1, 0.15) is 5.82 Å². The van der Waals surface area contributed by atoms with Crippen LogP contribution < -0.4 is 0 Å². The van der Waals surface area contributed by atoms with Crippen LogP contribution in [0.25, 0.3) is 22.3 Å². The van der Waals surface area contributed by atoms with Gasteiger partial charge in [-0.25, -0.2) is 4.39 Å². The average molecular weight is 350 g/mol. The summed E-state index contributed by atoms with van der Waals surface area (Å²) in [6.07, 6.45) is -4.66. The van der Waals surface area contributed by atoms with Crippen LogP contribution in [-0.4, -0.2) is 0 Å². The van der Waals surface area contributed by atoms with E-state index in [9.17, 15) is 17.6 Å². The second-order valence-corrected chi connectivity index (χ2v) is 5.57. The number of hydrogen-bond acceptors (Lipinski definition) is 0. The first kappa shape index (κ1) is 16.5. The van der Waals surface area contributed by atoms with Crippen LogP contribution in [0.15, 0.2) is 60.7 Å². The smallest absolute Gasteiger partial charge is 0.206 e. The molecule has 5 heteroatoms. The molecule has 0 fully saturated rings. The van der Waals surface area contributed by atoms with Crippen molar-refractivity contribution in [2.24, 2.45) is 0 Å². The summed E-state index contributed by atoms with van der Waals surface area (Å²) in [5, 5.41) is 0.383. The van der Waals surface area contributed by atoms with Crippen LogP contribution in [0.1, 0.15) is 5.56 Å². The van der Waals surface area contributed by atoms with E-state index >= 15 is 0 Å². The van der Waals surface area contributed by atoms with Crippen LogP contribution in [-0.2, 0) is 6.18 Å². The molecule has 121 valence electrons. The van der Waals surface area contributed by atoms with Crippen LogP contribution in [0.3, 0.4) is 0 Å². The molecule has 0 aromatic heterocycles. The molecule has 0 saturated heterocycles. The third kappa shape index (κ3) is 3.15. The van der Waals surface area contributed by atoms with Crippen molar-refractivity contribution in [3.63, 3.8) is 0 Å². The monoisotopic (exact) mass is 349 g/mol. The fraction of sp³-hybridized carbons (Fsp3) is 0.0526. The number of alkyl halides is 3. The van der Waals surface area contributed by atoms with Crippen molar-refractivity contribution in [3.8, 4) is 22.3 Å². The van der Waals surface area contributed by atoms with Gasteiger partial charge in [0, 0.05) is 16.1 Å². The zero-order valence-corrected chi connectivity index (χ0v) is 12.9. The molecule has 0 unspecified atom stereocenters. The van der Waals surface area contributed by atoms with Crippen molar-refractivity contribution in [3.05, 3.63) is 83.1 Å². The molecule has 0 bridgehead atoms. The highest BCUT2D eigenvalue weighted by atomic mass is 35.5. The summed E-state index contributed by atoms with van der Waals surface area (Å²) in [4.78, 5) is 0. The van der Waals surface area contributed by atoms with E-state index in [1.54, 1.807) is 24.3 Å². The van der Waals surface area contributed by atoms with Gasteiger partial charge in [-0.15, -0.1) is 0 Å². The Morgan fingerprint density at radius 3 is 2.29 bits per heavy atom. The lowest BCUT2D eigenvalue weighted by Gasteiger charge is -2.18. The summed E-state index contributed by atoms with van der Waals surface area (Å²) in [6.45, 7) is 0. The van der Waals surface area contributed by atoms with Gasteiger partial charge in [-0.05, 0) is 35.4 Å². The van der Waals surface area contributed by atoms with Gasteiger partial charge in [0.25, 0.3) is 0 Å². The maximum atomic E-state index is 14.2. The van der Waals surface area contributed by atoms with E-state index in [1.165, 1.54) is 30.3 Å². The van der Waals surface area contributed by atoms with Crippen molar-refractivity contribution in [2.75, 3.05) is 0 Å². The van der Waals surface area contributed by atoms with Crippen LogP contribution >= 0.6 is 11.6 Å². The Labute approximate surface area is 141 Å². The molecule has 1 radical (unpaired) electrons. The molecule has 3 aromatic carbocycles. The van der Waals surface area contributed by atoms with E-state index in [-0.39, 0.29) is 16.7 Å². The summed E-state index contributed by atoms with van der Waals surface area (Å²) >= 11 is 5.95. The predicted octanol–water partition coefficient (Wildman–Crippen LogP) is 6.63. The van der Waals surface area contributed by atoms with Gasteiger partial charge < -0.3 is 0 Å². The van der Waals surface area contributed by atoms with Gasteiger partial charge in [0.05, 0.1) is 5.56 Å². The molecular weight excluding hydrogens is 340 g/mol. The minimum Gasteiger partial charge on any atom is -0.206 e. The van der Waals surface area contributed by atoms with Crippen molar-refractivity contribution < 1.29 is 17.6 Å². The van der Waals surface area contributed by atoms with E-state index in [1.807, 2.05) is 0 Å². The molecule has 0 spiro atoms. The average Bonchev–Trinajstić information content (AvgIpc) is 2.54. The van der Waals surface area contributed by atoms with Crippen molar-refractivity contribution in [2.45, 2.75) is 6.18 Å². The second kappa shape index (κ2) is 6.29. The molecule has 0 nitrogen and oxygen atoms in total. The zero-order chi connectivity index (χ0) is 17.3. The Kier molecular flexibility index (Phi) is 4.33. The maximum absolute atomic E-state index is 14.2. The Bertz CT molecular complexity index is 885. The van der Waals surface area contributed by atoms with E-state index < -0.39 is 17.6 Å². The van der Waals surface area contributed by atoms with Gasteiger partial charge in [-0.3, -0.25) is 0 Å². The van der Waals surface area contributed by atoms with Gasteiger partial charge in [-0.2, -0.15) is 13.2 Å². The first-order valence-electron chi connectivity index (χ1n) is 7.00. The van der Waals surface area contributed by atoms with Gasteiger partial charge in [0.2, 0.25) is 0 Å². The van der Waals surface area contributed by atoms with Crippen molar-refractivity contribution in [1.29, 1.82) is 0 Å². The summed E-state index contributed by atoms with van der Waals surface area (Å²) in [5.41, 5.74) is -0.666. The minimum atomic E-state index is -4.66. The molecule has 3 rings (SSSR count). The molecule has 24 heavy (non-hydrogen) atoms. The van der Waals surface area contributed by atoms with Crippen molar-refractivity contribution in [1.82, 2.24) is 0 Å².